The number of fused-ring (bicyclic) bond motifs is 1. The molecule has 0 radical (unpaired) electrons. The van der Waals surface area contributed by atoms with Gasteiger partial charge in [-0.25, -0.2) is 5.43 Å². The maximum absolute atomic E-state index is 12.7. The van der Waals surface area contributed by atoms with Crippen LogP contribution in [-0.2, 0) is 0 Å². The smallest absolute Gasteiger partial charge is 0.271 e. The molecule has 3 aromatic carbocycles. The van der Waals surface area contributed by atoms with Crippen molar-refractivity contribution in [2.45, 2.75) is 0 Å². The van der Waals surface area contributed by atoms with Gasteiger partial charge in [-0.3, -0.25) is 9.59 Å². The first-order chi connectivity index (χ1) is 15.9. The van der Waals surface area contributed by atoms with Crippen LogP contribution in [0.2, 0.25) is 10.0 Å². The number of nitrogens with zero attached hydrogens (tertiary/aromatic N) is 1. The summed E-state index contributed by atoms with van der Waals surface area (Å²) in [5.41, 5.74) is 4.22. The van der Waals surface area contributed by atoms with E-state index in [0.717, 1.165) is 21.4 Å². The van der Waals surface area contributed by atoms with E-state index in [9.17, 15) is 9.59 Å². The van der Waals surface area contributed by atoms with Gasteiger partial charge in [0.25, 0.3) is 11.8 Å². The number of benzene rings is 3. The second-order valence-electron chi connectivity index (χ2n) is 6.89. The van der Waals surface area contributed by atoms with Gasteiger partial charge in [-0.2, -0.15) is 5.10 Å². The molecule has 9 heteroatoms. The lowest BCUT2D eigenvalue weighted by Crippen LogP contribution is -2.17. The summed E-state index contributed by atoms with van der Waals surface area (Å²) in [6.45, 7) is 0. The normalized spacial score (nSPS) is 11.0. The monoisotopic (exact) mass is 497 g/mol. The fourth-order valence-electron chi connectivity index (χ4n) is 3.00. The molecular weight excluding hydrogens is 481 g/mol. The maximum Gasteiger partial charge on any atom is 0.271 e. The first kappa shape index (κ1) is 22.8. The highest BCUT2D eigenvalue weighted by Gasteiger charge is 2.17. The molecule has 0 fully saturated rings. The third-order valence-corrected chi connectivity index (χ3v) is 6.59. The van der Waals surface area contributed by atoms with Crippen molar-refractivity contribution in [3.63, 3.8) is 0 Å². The number of carbonyl (C=O) groups is 2. The molecule has 166 valence electrons. The summed E-state index contributed by atoms with van der Waals surface area (Å²) in [5, 5.41) is 8.50. The summed E-state index contributed by atoms with van der Waals surface area (Å²) in [5.74, 6) is 0.0306. The average Bonchev–Trinajstić information content (AvgIpc) is 3.15. The molecule has 2 N–H and O–H groups in total. The molecule has 0 bridgehead atoms. The van der Waals surface area contributed by atoms with Crippen molar-refractivity contribution in [3.05, 3.63) is 92.8 Å². The van der Waals surface area contributed by atoms with Crippen LogP contribution in [0.25, 0.3) is 10.1 Å². The zero-order valence-corrected chi connectivity index (χ0v) is 19.6. The summed E-state index contributed by atoms with van der Waals surface area (Å²) in [4.78, 5) is 25.4. The van der Waals surface area contributed by atoms with Gasteiger partial charge < -0.3 is 10.1 Å². The second-order valence-corrected chi connectivity index (χ2v) is 8.76. The van der Waals surface area contributed by atoms with Crippen LogP contribution in [0.4, 0.5) is 5.69 Å². The molecule has 1 aromatic heterocycles. The Kier molecular flexibility index (Phi) is 6.93. The van der Waals surface area contributed by atoms with Gasteiger partial charge in [0.05, 0.1) is 18.3 Å². The number of halogens is 2. The zero-order chi connectivity index (χ0) is 23.4. The number of thiophene rings is 1. The summed E-state index contributed by atoms with van der Waals surface area (Å²) in [6.07, 6.45) is 1.54. The van der Waals surface area contributed by atoms with E-state index < -0.39 is 0 Å². The summed E-state index contributed by atoms with van der Waals surface area (Å²) < 4.78 is 5.93. The molecule has 4 aromatic rings. The fraction of sp³-hybridized carbons (Fsp3) is 0.0417. The number of hydrogen-bond donors (Lipinski definition) is 2. The Morgan fingerprint density at radius 3 is 2.39 bits per heavy atom. The molecule has 2 amide bonds. The molecular formula is C24H17Cl2N3O3S. The number of rotatable bonds is 6. The quantitative estimate of drug-likeness (QED) is 0.244. The van der Waals surface area contributed by atoms with Crippen LogP contribution in [0.15, 0.2) is 71.8 Å². The lowest BCUT2D eigenvalue weighted by Gasteiger charge is -2.05. The van der Waals surface area contributed by atoms with Crippen LogP contribution >= 0.6 is 34.5 Å². The highest BCUT2D eigenvalue weighted by Crippen LogP contribution is 2.37. The maximum atomic E-state index is 12.7. The minimum absolute atomic E-state index is 0.335. The van der Waals surface area contributed by atoms with Crippen LogP contribution < -0.4 is 15.5 Å². The van der Waals surface area contributed by atoms with Gasteiger partial charge in [-0.05, 0) is 66.2 Å². The number of hydrazone groups is 1. The van der Waals surface area contributed by atoms with Crippen LogP contribution in [0.1, 0.15) is 25.6 Å². The molecule has 6 nitrogen and oxygen atoms in total. The Hall–Kier alpha value is -3.39. The number of hydrogen-bond acceptors (Lipinski definition) is 5. The van der Waals surface area contributed by atoms with Crippen molar-refractivity contribution in [1.82, 2.24) is 5.43 Å². The minimum Gasteiger partial charge on any atom is -0.497 e. The summed E-state index contributed by atoms with van der Waals surface area (Å²) in [6, 6.07) is 19.0. The fourth-order valence-corrected chi connectivity index (χ4v) is 4.69. The third-order valence-electron chi connectivity index (χ3n) is 4.70. The van der Waals surface area contributed by atoms with Crippen LogP contribution in [-0.4, -0.2) is 25.1 Å². The predicted octanol–water partition coefficient (Wildman–Crippen LogP) is 6.23. The van der Waals surface area contributed by atoms with E-state index in [0.29, 0.717) is 26.2 Å². The Labute approximate surface area is 203 Å². The molecule has 0 aliphatic heterocycles. The van der Waals surface area contributed by atoms with Crippen molar-refractivity contribution in [2.24, 2.45) is 5.10 Å². The third kappa shape index (κ3) is 5.34. The Morgan fingerprint density at radius 2 is 1.70 bits per heavy atom. The first-order valence-corrected chi connectivity index (χ1v) is 11.3. The Bertz CT molecular complexity index is 1350. The number of anilines is 1. The van der Waals surface area contributed by atoms with Gasteiger partial charge in [-0.1, -0.05) is 29.3 Å². The number of nitrogens with one attached hydrogen (secondary N) is 2. The van der Waals surface area contributed by atoms with E-state index in [2.05, 4.69) is 15.8 Å². The van der Waals surface area contributed by atoms with E-state index in [4.69, 9.17) is 27.9 Å². The van der Waals surface area contributed by atoms with Gasteiger partial charge in [0, 0.05) is 26.4 Å². The van der Waals surface area contributed by atoms with Gasteiger partial charge in [0.2, 0.25) is 0 Å². The van der Waals surface area contributed by atoms with Crippen LogP contribution in [0, 0.1) is 0 Å². The second kappa shape index (κ2) is 10.0. The van der Waals surface area contributed by atoms with Gasteiger partial charge in [-0.15, -0.1) is 11.3 Å². The largest absolute Gasteiger partial charge is 0.497 e. The van der Waals surface area contributed by atoms with E-state index in [1.54, 1.807) is 61.7 Å². The van der Waals surface area contributed by atoms with Crippen LogP contribution in [0.5, 0.6) is 5.75 Å². The topological polar surface area (TPSA) is 79.8 Å². The van der Waals surface area contributed by atoms with Crippen LogP contribution in [0.3, 0.4) is 0 Å². The molecule has 0 spiro atoms. The van der Waals surface area contributed by atoms with E-state index in [-0.39, 0.29) is 11.8 Å². The number of carbonyl (C=O) groups excluding carboxylic acids is 2. The van der Waals surface area contributed by atoms with E-state index >= 15 is 0 Å². The molecule has 0 saturated heterocycles. The van der Waals surface area contributed by atoms with Crippen molar-refractivity contribution in [1.29, 1.82) is 0 Å². The molecule has 0 aliphatic carbocycles. The Balaban J connectivity index is 1.38. The number of ether oxygens (including phenoxy) is 1. The molecule has 0 atom stereocenters. The molecule has 0 unspecified atom stereocenters. The summed E-state index contributed by atoms with van der Waals surface area (Å²) >= 11 is 13.7. The lowest BCUT2D eigenvalue weighted by molar-refractivity contribution is 0.0954. The van der Waals surface area contributed by atoms with E-state index in [1.165, 1.54) is 17.6 Å². The average molecular weight is 498 g/mol. The van der Waals surface area contributed by atoms with Gasteiger partial charge in [0.15, 0.2) is 0 Å². The SMILES string of the molecule is COc1ccc(/C=N\NC(=O)c2ccc(NC(=O)c3sc4cc(Cl)ccc4c3Cl)cc2)cc1. The molecule has 0 aliphatic rings. The van der Waals surface area contributed by atoms with Crippen molar-refractivity contribution in [3.8, 4) is 5.75 Å². The van der Waals surface area contributed by atoms with Gasteiger partial charge >= 0.3 is 0 Å². The highest BCUT2D eigenvalue weighted by atomic mass is 35.5. The molecule has 0 saturated carbocycles. The Morgan fingerprint density at radius 1 is 0.970 bits per heavy atom. The van der Waals surface area contributed by atoms with E-state index in [1.807, 2.05) is 12.1 Å². The van der Waals surface area contributed by atoms with Gasteiger partial charge in [0.1, 0.15) is 10.6 Å². The van der Waals surface area contributed by atoms with Crippen molar-refractivity contribution >= 4 is 68.3 Å². The minimum atomic E-state index is -0.373. The molecule has 1 heterocycles. The summed E-state index contributed by atoms with van der Waals surface area (Å²) in [7, 11) is 1.59. The number of amides is 2. The highest BCUT2D eigenvalue weighted by molar-refractivity contribution is 7.21. The standard InChI is InChI=1S/C24H17Cl2N3O3S/c1-32-18-9-2-14(3-10-18)13-27-29-23(30)15-4-7-17(8-5-15)28-24(31)22-21(26)19-11-6-16(25)12-20(19)33-22/h2-13H,1H3,(H,28,31)(H,29,30)/b27-13-. The van der Waals surface area contributed by atoms with Crippen molar-refractivity contribution < 1.29 is 14.3 Å². The molecule has 4 rings (SSSR count). The predicted molar refractivity (Wildman–Crippen MR) is 134 cm³/mol. The molecule has 33 heavy (non-hydrogen) atoms. The zero-order valence-electron chi connectivity index (χ0n) is 17.3. The first-order valence-electron chi connectivity index (χ1n) is 9.71. The number of methoxy groups -OCH3 is 1. The van der Waals surface area contributed by atoms with Crippen molar-refractivity contribution in [2.75, 3.05) is 12.4 Å². The lowest BCUT2D eigenvalue weighted by atomic mass is 10.2.